The van der Waals surface area contributed by atoms with E-state index < -0.39 is 0 Å². The van der Waals surface area contributed by atoms with Crippen molar-refractivity contribution in [3.05, 3.63) is 90.2 Å². The highest BCUT2D eigenvalue weighted by Crippen LogP contribution is 2.30. The number of aromatic nitrogens is 3. The first-order valence-electron chi connectivity index (χ1n) is 9.36. The van der Waals surface area contributed by atoms with Crippen molar-refractivity contribution >= 4 is 11.8 Å². The van der Waals surface area contributed by atoms with Crippen molar-refractivity contribution in [3.63, 3.8) is 0 Å². The molecule has 4 aromatic rings. The first kappa shape index (κ1) is 19.2. The minimum absolute atomic E-state index is 0.234. The monoisotopic (exact) mass is 405 g/mol. The average Bonchev–Trinajstić information content (AvgIpc) is 3.19. The summed E-state index contributed by atoms with van der Waals surface area (Å²) in [6.45, 7) is 2.59. The van der Waals surface area contributed by atoms with E-state index in [1.165, 1.54) is 12.1 Å². The second-order valence-corrected chi connectivity index (χ2v) is 7.29. The number of thioether (sulfide) groups is 1. The van der Waals surface area contributed by atoms with Gasteiger partial charge in [-0.3, -0.25) is 4.57 Å². The van der Waals surface area contributed by atoms with Crippen LogP contribution < -0.4 is 4.74 Å². The molecule has 0 fully saturated rings. The summed E-state index contributed by atoms with van der Waals surface area (Å²) < 4.78 is 20.8. The maximum Gasteiger partial charge on any atom is 0.196 e. The Hall–Kier alpha value is -3.12. The minimum atomic E-state index is -0.234. The highest BCUT2D eigenvalue weighted by atomic mass is 32.2. The number of nitrogens with zero attached hydrogens (tertiary/aromatic N) is 3. The zero-order valence-electron chi connectivity index (χ0n) is 16.0. The van der Waals surface area contributed by atoms with E-state index in [4.69, 9.17) is 4.74 Å². The van der Waals surface area contributed by atoms with E-state index in [2.05, 4.69) is 10.2 Å². The molecule has 3 aromatic carbocycles. The molecule has 0 radical (unpaired) electrons. The summed E-state index contributed by atoms with van der Waals surface area (Å²) in [6, 6.07) is 24.4. The fraction of sp³-hybridized carbons (Fsp3) is 0.130. The Kier molecular flexibility index (Phi) is 5.91. The topological polar surface area (TPSA) is 39.9 Å². The highest BCUT2D eigenvalue weighted by molar-refractivity contribution is 7.98. The molecule has 146 valence electrons. The number of benzene rings is 3. The molecule has 0 saturated heterocycles. The van der Waals surface area contributed by atoms with Crippen molar-refractivity contribution in [1.82, 2.24) is 14.8 Å². The zero-order valence-corrected chi connectivity index (χ0v) is 16.8. The van der Waals surface area contributed by atoms with Gasteiger partial charge in [0, 0.05) is 17.0 Å². The smallest absolute Gasteiger partial charge is 0.196 e. The number of ether oxygens (including phenoxy) is 1. The fourth-order valence-electron chi connectivity index (χ4n) is 2.96. The van der Waals surface area contributed by atoms with Crippen LogP contribution in [0.5, 0.6) is 5.75 Å². The molecule has 0 spiro atoms. The van der Waals surface area contributed by atoms with Gasteiger partial charge in [-0.05, 0) is 48.9 Å². The minimum Gasteiger partial charge on any atom is -0.494 e. The molecule has 0 aliphatic rings. The van der Waals surface area contributed by atoms with Crippen LogP contribution in [0.15, 0.2) is 84.0 Å². The van der Waals surface area contributed by atoms with Crippen LogP contribution >= 0.6 is 11.8 Å². The van der Waals surface area contributed by atoms with Crippen LogP contribution in [0.25, 0.3) is 17.1 Å². The largest absolute Gasteiger partial charge is 0.494 e. The summed E-state index contributed by atoms with van der Waals surface area (Å²) in [5.74, 6) is 2.04. The lowest BCUT2D eigenvalue weighted by atomic mass is 10.2. The summed E-state index contributed by atoms with van der Waals surface area (Å²) in [5.41, 5.74) is 2.97. The van der Waals surface area contributed by atoms with Crippen molar-refractivity contribution in [2.24, 2.45) is 0 Å². The third-order valence-electron chi connectivity index (χ3n) is 4.35. The van der Waals surface area contributed by atoms with Crippen LogP contribution in [0.4, 0.5) is 4.39 Å². The van der Waals surface area contributed by atoms with Gasteiger partial charge < -0.3 is 4.74 Å². The second-order valence-electron chi connectivity index (χ2n) is 6.35. The molecule has 6 heteroatoms. The molecule has 4 rings (SSSR count). The molecule has 0 aliphatic carbocycles. The van der Waals surface area contributed by atoms with E-state index in [0.717, 1.165) is 33.5 Å². The summed E-state index contributed by atoms with van der Waals surface area (Å²) >= 11 is 1.57. The van der Waals surface area contributed by atoms with Gasteiger partial charge in [0.25, 0.3) is 0 Å². The molecular formula is C23H20FN3OS. The Morgan fingerprint density at radius 2 is 1.62 bits per heavy atom. The van der Waals surface area contributed by atoms with Crippen molar-refractivity contribution in [2.75, 3.05) is 6.61 Å². The normalized spacial score (nSPS) is 10.8. The molecule has 1 heterocycles. The summed E-state index contributed by atoms with van der Waals surface area (Å²) in [7, 11) is 0. The van der Waals surface area contributed by atoms with Gasteiger partial charge in [-0.25, -0.2) is 4.39 Å². The number of halogens is 1. The van der Waals surface area contributed by atoms with Crippen LogP contribution in [0, 0.1) is 5.82 Å². The number of rotatable bonds is 7. The quantitative estimate of drug-likeness (QED) is 0.366. The molecular weight excluding hydrogens is 385 g/mol. The van der Waals surface area contributed by atoms with Crippen LogP contribution in [-0.4, -0.2) is 21.4 Å². The van der Waals surface area contributed by atoms with Gasteiger partial charge in [0.15, 0.2) is 11.0 Å². The SMILES string of the molecule is CCOc1ccc(-n2c(SCc3ccc(F)cc3)nnc2-c2ccccc2)cc1. The second kappa shape index (κ2) is 8.92. The lowest BCUT2D eigenvalue weighted by Gasteiger charge is -2.11. The van der Waals surface area contributed by atoms with Gasteiger partial charge in [0.1, 0.15) is 11.6 Å². The lowest BCUT2D eigenvalue weighted by Crippen LogP contribution is -2.00. The van der Waals surface area contributed by atoms with E-state index in [9.17, 15) is 4.39 Å². The highest BCUT2D eigenvalue weighted by Gasteiger charge is 2.16. The molecule has 0 aliphatic heterocycles. The molecule has 1 aromatic heterocycles. The Balaban J connectivity index is 1.69. The number of hydrogen-bond acceptors (Lipinski definition) is 4. The predicted molar refractivity (Wildman–Crippen MR) is 114 cm³/mol. The molecule has 0 N–H and O–H groups in total. The van der Waals surface area contributed by atoms with Gasteiger partial charge in [0.2, 0.25) is 0 Å². The molecule has 0 bridgehead atoms. The van der Waals surface area contributed by atoms with Crippen molar-refractivity contribution < 1.29 is 9.13 Å². The number of hydrogen-bond donors (Lipinski definition) is 0. The van der Waals surface area contributed by atoms with Crippen molar-refractivity contribution in [1.29, 1.82) is 0 Å². The van der Waals surface area contributed by atoms with Gasteiger partial charge >= 0.3 is 0 Å². The Bertz CT molecular complexity index is 1060. The summed E-state index contributed by atoms with van der Waals surface area (Å²) in [5, 5.41) is 9.66. The van der Waals surface area contributed by atoms with Gasteiger partial charge in [-0.2, -0.15) is 0 Å². The van der Waals surface area contributed by atoms with Crippen molar-refractivity contribution in [3.8, 4) is 22.8 Å². The zero-order chi connectivity index (χ0) is 20.1. The first-order chi connectivity index (χ1) is 14.2. The lowest BCUT2D eigenvalue weighted by molar-refractivity contribution is 0.340. The molecule has 0 amide bonds. The van der Waals surface area contributed by atoms with E-state index in [-0.39, 0.29) is 5.82 Å². The van der Waals surface area contributed by atoms with Crippen LogP contribution in [-0.2, 0) is 5.75 Å². The van der Waals surface area contributed by atoms with Crippen LogP contribution in [0.3, 0.4) is 0 Å². The third kappa shape index (κ3) is 4.49. The molecule has 29 heavy (non-hydrogen) atoms. The Morgan fingerprint density at radius 1 is 0.897 bits per heavy atom. The van der Waals surface area contributed by atoms with Crippen LogP contribution in [0.1, 0.15) is 12.5 Å². The third-order valence-corrected chi connectivity index (χ3v) is 5.35. The predicted octanol–water partition coefficient (Wildman–Crippen LogP) is 5.76. The average molecular weight is 405 g/mol. The van der Waals surface area contributed by atoms with Gasteiger partial charge in [-0.1, -0.05) is 54.2 Å². The van der Waals surface area contributed by atoms with E-state index >= 15 is 0 Å². The summed E-state index contributed by atoms with van der Waals surface area (Å²) in [6.07, 6.45) is 0. The maximum absolute atomic E-state index is 13.2. The standard InChI is InChI=1S/C23H20FN3OS/c1-2-28-21-14-12-20(13-15-21)27-22(18-6-4-3-5-7-18)25-26-23(27)29-16-17-8-10-19(24)11-9-17/h3-15H,2,16H2,1H3. The first-order valence-corrected chi connectivity index (χ1v) is 10.3. The fourth-order valence-corrected chi connectivity index (χ4v) is 3.86. The molecule has 0 unspecified atom stereocenters. The van der Waals surface area contributed by atoms with E-state index in [0.29, 0.717) is 12.4 Å². The van der Waals surface area contributed by atoms with E-state index in [1.807, 2.05) is 66.1 Å². The van der Waals surface area contributed by atoms with Gasteiger partial charge in [-0.15, -0.1) is 10.2 Å². The Labute approximate surface area is 173 Å². The van der Waals surface area contributed by atoms with Crippen molar-refractivity contribution in [2.45, 2.75) is 17.8 Å². The van der Waals surface area contributed by atoms with Crippen LogP contribution in [0.2, 0.25) is 0 Å². The molecule has 0 saturated carbocycles. The maximum atomic E-state index is 13.2. The van der Waals surface area contributed by atoms with Gasteiger partial charge in [0.05, 0.1) is 6.61 Å². The molecule has 4 nitrogen and oxygen atoms in total. The molecule has 0 atom stereocenters. The van der Waals surface area contributed by atoms with E-state index in [1.54, 1.807) is 23.9 Å². The Morgan fingerprint density at radius 3 is 2.31 bits per heavy atom. The summed E-state index contributed by atoms with van der Waals surface area (Å²) in [4.78, 5) is 0.